The number of amides is 1. The van der Waals surface area contributed by atoms with Crippen molar-refractivity contribution < 1.29 is 22.3 Å². The quantitative estimate of drug-likeness (QED) is 0.782. The third-order valence-corrected chi connectivity index (χ3v) is 5.06. The van der Waals surface area contributed by atoms with E-state index in [1.807, 2.05) is 0 Å². The van der Waals surface area contributed by atoms with Crippen molar-refractivity contribution in [3.63, 3.8) is 0 Å². The van der Waals surface area contributed by atoms with E-state index in [2.05, 4.69) is 10.0 Å². The molecule has 0 fully saturated rings. The first kappa shape index (κ1) is 18.9. The maximum Gasteiger partial charge on any atom is 0.241 e. The van der Waals surface area contributed by atoms with E-state index in [1.165, 1.54) is 31.4 Å². The summed E-state index contributed by atoms with van der Waals surface area (Å²) in [4.78, 5) is 11.9. The molecule has 0 aliphatic carbocycles. The van der Waals surface area contributed by atoms with Gasteiger partial charge in [0.2, 0.25) is 15.9 Å². The molecule has 1 amide bonds. The number of rotatable bonds is 7. The minimum absolute atomic E-state index is 0.0830. The van der Waals surface area contributed by atoms with Gasteiger partial charge in [0.25, 0.3) is 0 Å². The number of benzene rings is 2. The van der Waals surface area contributed by atoms with Crippen molar-refractivity contribution in [2.45, 2.75) is 18.4 Å². The van der Waals surface area contributed by atoms with Crippen LogP contribution in [0.2, 0.25) is 0 Å². The highest BCUT2D eigenvalue weighted by atomic mass is 32.2. The van der Waals surface area contributed by atoms with Crippen LogP contribution < -0.4 is 14.8 Å². The van der Waals surface area contributed by atoms with E-state index in [0.717, 1.165) is 0 Å². The molecule has 134 valence electrons. The van der Waals surface area contributed by atoms with Gasteiger partial charge in [0, 0.05) is 6.54 Å². The SMILES string of the molecule is COc1ccc(S(=O)(=O)NCC(=O)NCc2ccc(F)cc2)c(C)c1. The molecule has 0 spiro atoms. The standard InChI is InChI=1S/C17H19FN2O4S/c1-12-9-15(24-2)7-8-16(12)25(22,23)20-11-17(21)19-10-13-3-5-14(18)6-4-13/h3-9,20H,10-11H2,1-2H3,(H,19,21). The van der Waals surface area contributed by atoms with Gasteiger partial charge in [-0.15, -0.1) is 0 Å². The lowest BCUT2D eigenvalue weighted by atomic mass is 10.2. The number of hydrogen-bond donors (Lipinski definition) is 2. The first-order chi connectivity index (χ1) is 11.8. The van der Waals surface area contributed by atoms with Crippen LogP contribution in [0.25, 0.3) is 0 Å². The van der Waals surface area contributed by atoms with Gasteiger partial charge >= 0.3 is 0 Å². The lowest BCUT2D eigenvalue weighted by molar-refractivity contribution is -0.120. The highest BCUT2D eigenvalue weighted by Gasteiger charge is 2.18. The predicted octanol–water partition coefficient (Wildman–Crippen LogP) is 1.74. The van der Waals surface area contributed by atoms with Gasteiger partial charge in [-0.3, -0.25) is 4.79 Å². The second kappa shape index (κ2) is 8.09. The summed E-state index contributed by atoms with van der Waals surface area (Å²) >= 11 is 0. The average Bonchev–Trinajstić information content (AvgIpc) is 2.59. The minimum atomic E-state index is -3.82. The molecule has 2 rings (SSSR count). The van der Waals surface area contributed by atoms with Crippen LogP contribution in [0, 0.1) is 12.7 Å². The number of nitrogens with one attached hydrogen (secondary N) is 2. The van der Waals surface area contributed by atoms with Crippen LogP contribution in [0.15, 0.2) is 47.4 Å². The number of carbonyl (C=O) groups excluding carboxylic acids is 1. The molecule has 8 heteroatoms. The van der Waals surface area contributed by atoms with Crippen LogP contribution in [0.4, 0.5) is 4.39 Å². The summed E-state index contributed by atoms with van der Waals surface area (Å²) in [5.74, 6) is -0.301. The van der Waals surface area contributed by atoms with Crippen LogP contribution in [0.1, 0.15) is 11.1 Å². The van der Waals surface area contributed by atoms with Crippen LogP contribution >= 0.6 is 0 Å². The number of sulfonamides is 1. The van der Waals surface area contributed by atoms with Crippen molar-refractivity contribution in [2.24, 2.45) is 0 Å². The Morgan fingerprint density at radius 1 is 1.16 bits per heavy atom. The number of carbonyl (C=O) groups is 1. The largest absolute Gasteiger partial charge is 0.497 e. The van der Waals surface area contributed by atoms with Gasteiger partial charge in [0.15, 0.2) is 0 Å². The van der Waals surface area contributed by atoms with Gasteiger partial charge in [0.05, 0.1) is 18.6 Å². The maximum atomic E-state index is 12.8. The molecule has 2 aromatic rings. The second-order valence-electron chi connectivity index (χ2n) is 5.36. The Balaban J connectivity index is 1.92. The monoisotopic (exact) mass is 366 g/mol. The molecule has 0 heterocycles. The zero-order chi connectivity index (χ0) is 18.4. The summed E-state index contributed by atoms with van der Waals surface area (Å²) in [6, 6.07) is 10.2. The van der Waals surface area contributed by atoms with Crippen molar-refractivity contribution in [1.29, 1.82) is 0 Å². The molecule has 25 heavy (non-hydrogen) atoms. The topological polar surface area (TPSA) is 84.5 Å². The van der Waals surface area contributed by atoms with E-state index < -0.39 is 22.5 Å². The fraction of sp³-hybridized carbons (Fsp3) is 0.235. The minimum Gasteiger partial charge on any atom is -0.497 e. The first-order valence-electron chi connectivity index (χ1n) is 7.47. The van der Waals surface area contributed by atoms with Gasteiger partial charge < -0.3 is 10.1 Å². The van der Waals surface area contributed by atoms with E-state index in [0.29, 0.717) is 16.9 Å². The summed E-state index contributed by atoms with van der Waals surface area (Å²) in [5.41, 5.74) is 1.22. The van der Waals surface area contributed by atoms with Crippen molar-refractivity contribution in [2.75, 3.05) is 13.7 Å². The molecule has 2 N–H and O–H groups in total. The van der Waals surface area contributed by atoms with Crippen LogP contribution in [-0.2, 0) is 21.4 Å². The van der Waals surface area contributed by atoms with Crippen LogP contribution in [0.3, 0.4) is 0 Å². The van der Waals surface area contributed by atoms with Crippen molar-refractivity contribution >= 4 is 15.9 Å². The molecule has 0 atom stereocenters. The molecule has 2 aromatic carbocycles. The molecular weight excluding hydrogens is 347 g/mol. The average molecular weight is 366 g/mol. The summed E-state index contributed by atoms with van der Waals surface area (Å²) in [7, 11) is -2.32. The third-order valence-electron chi connectivity index (χ3n) is 3.50. The van der Waals surface area contributed by atoms with Crippen molar-refractivity contribution in [1.82, 2.24) is 10.0 Å². The van der Waals surface area contributed by atoms with Gasteiger partial charge in [-0.2, -0.15) is 0 Å². The van der Waals surface area contributed by atoms with Gasteiger partial charge in [-0.1, -0.05) is 12.1 Å². The van der Waals surface area contributed by atoms with Crippen LogP contribution in [-0.4, -0.2) is 28.0 Å². The predicted molar refractivity (Wildman–Crippen MR) is 91.2 cm³/mol. The van der Waals surface area contributed by atoms with Crippen molar-refractivity contribution in [3.8, 4) is 5.75 Å². The lowest BCUT2D eigenvalue weighted by Crippen LogP contribution is -2.36. The highest BCUT2D eigenvalue weighted by Crippen LogP contribution is 2.20. The Bertz CT molecular complexity index is 851. The zero-order valence-corrected chi connectivity index (χ0v) is 14.7. The molecular formula is C17H19FN2O4S. The number of methoxy groups -OCH3 is 1. The Morgan fingerprint density at radius 2 is 1.84 bits per heavy atom. The zero-order valence-electron chi connectivity index (χ0n) is 13.9. The Morgan fingerprint density at radius 3 is 2.44 bits per heavy atom. The van der Waals surface area contributed by atoms with Crippen molar-refractivity contribution in [3.05, 3.63) is 59.4 Å². The molecule has 0 aliphatic heterocycles. The van der Waals surface area contributed by atoms with E-state index in [9.17, 15) is 17.6 Å². The second-order valence-corrected chi connectivity index (χ2v) is 7.09. The molecule has 0 saturated carbocycles. The Hall–Kier alpha value is -2.45. The highest BCUT2D eigenvalue weighted by molar-refractivity contribution is 7.89. The Labute approximate surface area is 146 Å². The lowest BCUT2D eigenvalue weighted by Gasteiger charge is -2.11. The molecule has 0 unspecified atom stereocenters. The maximum absolute atomic E-state index is 12.8. The van der Waals surface area contributed by atoms with Gasteiger partial charge in [-0.05, 0) is 48.4 Å². The smallest absolute Gasteiger partial charge is 0.241 e. The molecule has 0 saturated heterocycles. The summed E-state index contributed by atoms with van der Waals surface area (Å²) in [6.45, 7) is 1.43. The number of ether oxygens (including phenoxy) is 1. The van der Waals surface area contributed by atoms with E-state index in [4.69, 9.17) is 4.74 Å². The Kier molecular flexibility index (Phi) is 6.11. The van der Waals surface area contributed by atoms with Gasteiger partial charge in [-0.25, -0.2) is 17.5 Å². The van der Waals surface area contributed by atoms with E-state index in [-0.39, 0.29) is 17.3 Å². The molecule has 0 aromatic heterocycles. The third kappa shape index (κ3) is 5.27. The summed E-state index contributed by atoms with van der Waals surface area (Å²) in [5, 5.41) is 2.57. The molecule has 6 nitrogen and oxygen atoms in total. The number of halogens is 1. The number of hydrogen-bond acceptors (Lipinski definition) is 4. The first-order valence-corrected chi connectivity index (χ1v) is 8.95. The summed E-state index contributed by atoms with van der Waals surface area (Å²) < 4.78 is 44.7. The summed E-state index contributed by atoms with van der Waals surface area (Å²) in [6.07, 6.45) is 0. The molecule has 0 aliphatic rings. The van der Waals surface area contributed by atoms with Gasteiger partial charge in [0.1, 0.15) is 11.6 Å². The molecule has 0 bridgehead atoms. The van der Waals surface area contributed by atoms with E-state index in [1.54, 1.807) is 25.1 Å². The molecule has 0 radical (unpaired) electrons. The fourth-order valence-corrected chi connectivity index (χ4v) is 3.36. The van der Waals surface area contributed by atoms with Crippen LogP contribution in [0.5, 0.6) is 5.75 Å². The van der Waals surface area contributed by atoms with E-state index >= 15 is 0 Å². The number of aryl methyl sites for hydroxylation is 1. The fourth-order valence-electron chi connectivity index (χ4n) is 2.15. The normalized spacial score (nSPS) is 11.2.